The molecule has 2 heterocycles. The van der Waals surface area contributed by atoms with E-state index in [9.17, 15) is 12.8 Å². The molecule has 0 saturated carbocycles. The van der Waals surface area contributed by atoms with Crippen LogP contribution in [0.2, 0.25) is 0 Å². The van der Waals surface area contributed by atoms with Crippen LogP contribution in [0.1, 0.15) is 0 Å². The molecule has 9 heteroatoms. The molecule has 0 radical (unpaired) electrons. The number of aromatic nitrogens is 3. The maximum atomic E-state index is 13.0. The molecule has 2 aromatic carbocycles. The molecule has 2 aromatic heterocycles. The van der Waals surface area contributed by atoms with Gasteiger partial charge in [0.15, 0.2) is 0 Å². The van der Waals surface area contributed by atoms with Crippen molar-refractivity contribution in [1.82, 2.24) is 19.7 Å². The van der Waals surface area contributed by atoms with Crippen LogP contribution < -0.4 is 10.0 Å². The Kier molecular flexibility index (Phi) is 4.91. The molecular formula is C20H16FN5O2S. The number of rotatable bonds is 5. The number of sulfonamides is 1. The minimum Gasteiger partial charge on any atom is -0.324 e. The molecule has 0 atom stereocenters. The Morgan fingerprint density at radius 3 is 2.34 bits per heavy atom. The molecule has 0 aliphatic heterocycles. The number of fused-ring (bicyclic) bond motifs is 1. The summed E-state index contributed by atoms with van der Waals surface area (Å²) in [6.45, 7) is 0. The number of halogens is 1. The van der Waals surface area contributed by atoms with Crippen LogP contribution in [-0.4, -0.2) is 30.4 Å². The van der Waals surface area contributed by atoms with Gasteiger partial charge in [-0.25, -0.2) is 28.1 Å². The first-order chi connectivity index (χ1) is 13.9. The molecule has 29 heavy (non-hydrogen) atoms. The molecule has 0 saturated heterocycles. The van der Waals surface area contributed by atoms with Gasteiger partial charge in [0.1, 0.15) is 0 Å². The van der Waals surface area contributed by atoms with E-state index >= 15 is 0 Å². The normalized spacial score (nSPS) is 11.5. The third-order valence-electron chi connectivity index (χ3n) is 4.33. The summed E-state index contributed by atoms with van der Waals surface area (Å²) >= 11 is 0. The quantitative estimate of drug-likeness (QED) is 0.490. The summed E-state index contributed by atoms with van der Waals surface area (Å²) in [4.78, 5) is 12.7. The molecule has 146 valence electrons. The predicted octanol–water partition coefficient (Wildman–Crippen LogP) is 3.48. The number of hydrogen-bond donors (Lipinski definition) is 2. The summed E-state index contributed by atoms with van der Waals surface area (Å²) in [5.41, 5.74) is 3.00. The second-order valence-corrected chi connectivity index (χ2v) is 8.08. The van der Waals surface area contributed by atoms with Crippen LogP contribution in [-0.2, 0) is 10.0 Å². The lowest BCUT2D eigenvalue weighted by atomic mass is 10.1. The first kappa shape index (κ1) is 18.9. The lowest BCUT2D eigenvalue weighted by Crippen LogP contribution is -2.18. The number of pyridine rings is 1. The fraction of sp³-hybridized carbons (Fsp3) is 0.0500. The van der Waals surface area contributed by atoms with Crippen molar-refractivity contribution < 1.29 is 12.8 Å². The molecule has 4 rings (SSSR count). The Morgan fingerprint density at radius 2 is 1.66 bits per heavy atom. The fourth-order valence-corrected chi connectivity index (χ4v) is 3.50. The van der Waals surface area contributed by atoms with Crippen molar-refractivity contribution in [2.45, 2.75) is 4.90 Å². The van der Waals surface area contributed by atoms with Crippen LogP contribution in [0.4, 0.5) is 16.0 Å². The third kappa shape index (κ3) is 4.05. The SMILES string of the molecule is CNS(=O)(=O)c1ccc(Nc2ncc3ccc(-c4ccc(F)nc4)cc3n2)cc1. The van der Waals surface area contributed by atoms with Gasteiger partial charge in [0, 0.05) is 29.0 Å². The van der Waals surface area contributed by atoms with Crippen LogP contribution in [0.15, 0.2) is 71.9 Å². The average molecular weight is 409 g/mol. The van der Waals surface area contributed by atoms with Crippen molar-refractivity contribution in [3.8, 4) is 11.1 Å². The van der Waals surface area contributed by atoms with E-state index in [0.717, 1.165) is 16.5 Å². The summed E-state index contributed by atoms with van der Waals surface area (Å²) < 4.78 is 38.9. The summed E-state index contributed by atoms with van der Waals surface area (Å²) in [5, 5.41) is 3.91. The van der Waals surface area contributed by atoms with Crippen molar-refractivity contribution in [2.75, 3.05) is 12.4 Å². The number of benzene rings is 2. The monoisotopic (exact) mass is 409 g/mol. The average Bonchev–Trinajstić information content (AvgIpc) is 2.74. The van der Waals surface area contributed by atoms with Crippen molar-refractivity contribution in [1.29, 1.82) is 0 Å². The Labute approximate surface area is 166 Å². The van der Waals surface area contributed by atoms with E-state index in [-0.39, 0.29) is 4.90 Å². The molecule has 0 aliphatic carbocycles. The van der Waals surface area contributed by atoms with Gasteiger partial charge in [-0.1, -0.05) is 12.1 Å². The standard InChI is InChI=1S/C20H16FN5O2S/c1-22-29(27,28)17-7-5-16(6-8-17)25-20-24-12-15-3-2-13(10-18(15)26-20)14-4-9-19(21)23-11-14/h2-12,22H,1H3,(H,24,25,26). The zero-order valence-corrected chi connectivity index (χ0v) is 16.1. The lowest BCUT2D eigenvalue weighted by Gasteiger charge is -2.08. The molecule has 0 aliphatic rings. The van der Waals surface area contributed by atoms with Crippen LogP contribution in [0, 0.1) is 5.95 Å². The highest BCUT2D eigenvalue weighted by atomic mass is 32.2. The Balaban J connectivity index is 1.62. The zero-order chi connectivity index (χ0) is 20.4. The minimum absolute atomic E-state index is 0.169. The smallest absolute Gasteiger partial charge is 0.240 e. The Bertz CT molecular complexity index is 1280. The summed E-state index contributed by atoms with van der Waals surface area (Å²) in [6, 6.07) is 14.9. The second-order valence-electron chi connectivity index (χ2n) is 6.19. The summed E-state index contributed by atoms with van der Waals surface area (Å²) in [6.07, 6.45) is 3.16. The van der Waals surface area contributed by atoms with Gasteiger partial charge >= 0.3 is 0 Å². The lowest BCUT2D eigenvalue weighted by molar-refractivity contribution is 0.584. The van der Waals surface area contributed by atoms with Gasteiger partial charge in [0.25, 0.3) is 0 Å². The highest BCUT2D eigenvalue weighted by molar-refractivity contribution is 7.89. The number of nitrogens with one attached hydrogen (secondary N) is 2. The van der Waals surface area contributed by atoms with Gasteiger partial charge in [-0.05, 0) is 55.1 Å². The molecular weight excluding hydrogens is 393 g/mol. The topological polar surface area (TPSA) is 96.9 Å². The van der Waals surface area contributed by atoms with Crippen molar-refractivity contribution >= 4 is 32.6 Å². The first-order valence-corrected chi connectivity index (χ1v) is 10.1. The van der Waals surface area contributed by atoms with Crippen LogP contribution in [0.3, 0.4) is 0 Å². The highest BCUT2D eigenvalue weighted by Crippen LogP contribution is 2.24. The maximum Gasteiger partial charge on any atom is 0.240 e. The van der Waals surface area contributed by atoms with Gasteiger partial charge in [-0.15, -0.1) is 0 Å². The van der Waals surface area contributed by atoms with E-state index in [0.29, 0.717) is 17.2 Å². The van der Waals surface area contributed by atoms with E-state index in [4.69, 9.17) is 0 Å². The molecule has 4 aromatic rings. The third-order valence-corrected chi connectivity index (χ3v) is 5.76. The van der Waals surface area contributed by atoms with E-state index < -0.39 is 16.0 Å². The molecule has 0 spiro atoms. The van der Waals surface area contributed by atoms with Gasteiger partial charge < -0.3 is 5.32 Å². The van der Waals surface area contributed by atoms with E-state index in [1.807, 2.05) is 18.2 Å². The molecule has 0 amide bonds. The second kappa shape index (κ2) is 7.53. The summed E-state index contributed by atoms with van der Waals surface area (Å²) in [5.74, 6) is -0.159. The minimum atomic E-state index is -3.49. The van der Waals surface area contributed by atoms with Gasteiger partial charge in [0.2, 0.25) is 21.9 Å². The number of anilines is 2. The molecule has 0 bridgehead atoms. The van der Waals surface area contributed by atoms with Crippen LogP contribution in [0.5, 0.6) is 0 Å². The highest BCUT2D eigenvalue weighted by Gasteiger charge is 2.11. The van der Waals surface area contributed by atoms with Gasteiger partial charge in [0.05, 0.1) is 10.4 Å². The van der Waals surface area contributed by atoms with E-state index in [1.165, 1.54) is 31.4 Å². The van der Waals surface area contributed by atoms with E-state index in [1.54, 1.807) is 24.4 Å². The molecule has 7 nitrogen and oxygen atoms in total. The zero-order valence-electron chi connectivity index (χ0n) is 15.3. The van der Waals surface area contributed by atoms with Crippen molar-refractivity contribution in [3.05, 3.63) is 72.9 Å². The van der Waals surface area contributed by atoms with Crippen LogP contribution >= 0.6 is 0 Å². The van der Waals surface area contributed by atoms with Gasteiger partial charge in [-0.2, -0.15) is 4.39 Å². The first-order valence-electron chi connectivity index (χ1n) is 8.64. The van der Waals surface area contributed by atoms with Crippen LogP contribution in [0.25, 0.3) is 22.0 Å². The number of nitrogens with zero attached hydrogens (tertiary/aromatic N) is 3. The van der Waals surface area contributed by atoms with Gasteiger partial charge in [-0.3, -0.25) is 0 Å². The van der Waals surface area contributed by atoms with Crippen molar-refractivity contribution in [2.24, 2.45) is 0 Å². The van der Waals surface area contributed by atoms with Crippen molar-refractivity contribution in [3.63, 3.8) is 0 Å². The molecule has 0 fully saturated rings. The summed E-state index contributed by atoms with van der Waals surface area (Å²) in [7, 11) is -2.13. The fourth-order valence-electron chi connectivity index (χ4n) is 2.77. The maximum absolute atomic E-state index is 13.0. The molecule has 0 unspecified atom stereocenters. The Hall–Kier alpha value is -3.43. The van der Waals surface area contributed by atoms with E-state index in [2.05, 4.69) is 25.0 Å². The predicted molar refractivity (Wildman–Crippen MR) is 109 cm³/mol. The largest absolute Gasteiger partial charge is 0.324 e. The Morgan fingerprint density at radius 1 is 0.897 bits per heavy atom. The molecule has 2 N–H and O–H groups in total. The number of hydrogen-bond acceptors (Lipinski definition) is 6.